The van der Waals surface area contributed by atoms with Crippen molar-refractivity contribution >= 4 is 65.7 Å². The lowest BCUT2D eigenvalue weighted by atomic mass is 9.94. The number of benzene rings is 8. The average Bonchev–Trinajstić information content (AvgIpc) is 4.00. The van der Waals surface area contributed by atoms with Crippen molar-refractivity contribution in [2.45, 2.75) is 0 Å². The van der Waals surface area contributed by atoms with Gasteiger partial charge in [0.2, 0.25) is 5.89 Å². The zero-order valence-corrected chi connectivity index (χ0v) is 30.2. The van der Waals surface area contributed by atoms with Crippen molar-refractivity contribution < 1.29 is 13.3 Å². The van der Waals surface area contributed by atoms with E-state index in [1.165, 1.54) is 0 Å². The van der Waals surface area contributed by atoms with Crippen molar-refractivity contribution in [2.24, 2.45) is 0 Å². The second-order valence-electron chi connectivity index (χ2n) is 14.2. The molecule has 4 aromatic heterocycles. The molecule has 0 fully saturated rings. The Bertz CT molecular complexity index is 3530. The van der Waals surface area contributed by atoms with Gasteiger partial charge in [0.05, 0.1) is 5.56 Å². The minimum absolute atomic E-state index is 0.511. The van der Waals surface area contributed by atoms with E-state index in [9.17, 15) is 0 Å². The molecule has 7 heteroatoms. The molecule has 57 heavy (non-hydrogen) atoms. The van der Waals surface area contributed by atoms with Crippen LogP contribution >= 0.6 is 0 Å². The van der Waals surface area contributed by atoms with Crippen molar-refractivity contribution in [3.63, 3.8) is 0 Å². The molecular formula is C50H28N4O3. The Morgan fingerprint density at radius 2 is 0.982 bits per heavy atom. The first kappa shape index (κ1) is 31.5. The fourth-order valence-electron chi connectivity index (χ4n) is 8.14. The molecule has 12 aromatic rings. The van der Waals surface area contributed by atoms with Crippen molar-refractivity contribution in [1.29, 1.82) is 0 Å². The average molecular weight is 733 g/mol. The molecule has 0 unspecified atom stereocenters. The van der Waals surface area contributed by atoms with E-state index in [0.717, 1.165) is 99.1 Å². The topological polar surface area (TPSA) is 91.0 Å². The van der Waals surface area contributed by atoms with Crippen LogP contribution in [0.4, 0.5) is 0 Å². The third kappa shape index (κ3) is 4.99. The van der Waals surface area contributed by atoms with Gasteiger partial charge in [0, 0.05) is 43.6 Å². The molecule has 0 aliphatic rings. The largest absolute Gasteiger partial charge is 0.456 e. The lowest BCUT2D eigenvalue weighted by Gasteiger charge is -2.12. The van der Waals surface area contributed by atoms with E-state index in [-0.39, 0.29) is 0 Å². The third-order valence-electron chi connectivity index (χ3n) is 10.8. The zero-order valence-electron chi connectivity index (χ0n) is 30.2. The Morgan fingerprint density at radius 1 is 0.333 bits per heavy atom. The quantitative estimate of drug-likeness (QED) is 0.174. The molecule has 0 atom stereocenters. The van der Waals surface area contributed by atoms with Crippen LogP contribution in [0.2, 0.25) is 0 Å². The van der Waals surface area contributed by atoms with Crippen molar-refractivity contribution in [1.82, 2.24) is 19.9 Å². The van der Waals surface area contributed by atoms with Crippen LogP contribution in [0.25, 0.3) is 122 Å². The Kier molecular flexibility index (Phi) is 6.79. The van der Waals surface area contributed by atoms with Gasteiger partial charge in [-0.1, -0.05) is 121 Å². The predicted octanol–water partition coefficient (Wildman–Crippen LogP) is 13.3. The fourth-order valence-corrected chi connectivity index (χ4v) is 8.14. The normalized spacial score (nSPS) is 11.9. The molecule has 4 heterocycles. The fraction of sp³-hybridized carbons (Fsp3) is 0. The number of hydrogen-bond acceptors (Lipinski definition) is 7. The number of aromatic nitrogens is 4. The molecule has 0 saturated carbocycles. The number of rotatable bonds is 5. The molecular weight excluding hydrogens is 705 g/mol. The molecule has 8 aromatic carbocycles. The number of furan rings is 2. The highest BCUT2D eigenvalue weighted by Crippen LogP contribution is 2.43. The summed E-state index contributed by atoms with van der Waals surface area (Å²) in [5.74, 6) is 2.16. The number of fused-ring (bicyclic) bond motifs is 9. The van der Waals surface area contributed by atoms with Gasteiger partial charge in [-0.15, -0.1) is 0 Å². The second kappa shape index (κ2) is 12.3. The van der Waals surface area contributed by atoms with Gasteiger partial charge in [0.25, 0.3) is 0 Å². The van der Waals surface area contributed by atoms with Crippen LogP contribution < -0.4 is 0 Å². The first-order chi connectivity index (χ1) is 28.2. The SMILES string of the molecule is c1ccc(-c2nc(-c3cccc4c3oc3ccccc34)nc(-c3cc(-c4cccc5ccc6nc(-c7ccccc7)oc6c45)cc4oc5ccccc5c34)n2)cc1. The van der Waals surface area contributed by atoms with Gasteiger partial charge in [-0.25, -0.2) is 19.9 Å². The summed E-state index contributed by atoms with van der Waals surface area (Å²) in [6, 6.07) is 57.0. The van der Waals surface area contributed by atoms with Gasteiger partial charge < -0.3 is 13.3 Å². The van der Waals surface area contributed by atoms with Crippen LogP contribution in [0.5, 0.6) is 0 Å². The molecule has 266 valence electrons. The predicted molar refractivity (Wildman–Crippen MR) is 227 cm³/mol. The van der Waals surface area contributed by atoms with Gasteiger partial charge >= 0.3 is 0 Å². The monoisotopic (exact) mass is 732 g/mol. The van der Waals surface area contributed by atoms with E-state index in [4.69, 9.17) is 33.2 Å². The highest BCUT2D eigenvalue weighted by atomic mass is 16.3. The second-order valence-corrected chi connectivity index (χ2v) is 14.2. The highest BCUT2D eigenvalue weighted by molar-refractivity contribution is 6.16. The van der Waals surface area contributed by atoms with E-state index in [0.29, 0.717) is 23.4 Å². The van der Waals surface area contributed by atoms with Gasteiger partial charge in [-0.05, 0) is 65.0 Å². The summed E-state index contributed by atoms with van der Waals surface area (Å²) in [5, 5.41) is 5.93. The minimum atomic E-state index is 0.511. The van der Waals surface area contributed by atoms with E-state index in [1.807, 2.05) is 115 Å². The van der Waals surface area contributed by atoms with Crippen LogP contribution in [0.15, 0.2) is 183 Å². The van der Waals surface area contributed by atoms with Crippen molar-refractivity contribution in [3.05, 3.63) is 170 Å². The summed E-state index contributed by atoms with van der Waals surface area (Å²) in [4.78, 5) is 20.5. The van der Waals surface area contributed by atoms with Crippen LogP contribution in [0.1, 0.15) is 0 Å². The van der Waals surface area contributed by atoms with Gasteiger partial charge in [0.1, 0.15) is 27.8 Å². The molecule has 0 N–H and O–H groups in total. The molecule has 0 aliphatic carbocycles. The maximum atomic E-state index is 6.64. The molecule has 12 rings (SSSR count). The Morgan fingerprint density at radius 3 is 1.81 bits per heavy atom. The maximum absolute atomic E-state index is 6.64. The number of nitrogens with zero attached hydrogens (tertiary/aromatic N) is 4. The summed E-state index contributed by atoms with van der Waals surface area (Å²) in [7, 11) is 0. The van der Waals surface area contributed by atoms with Crippen molar-refractivity contribution in [3.8, 4) is 56.7 Å². The summed E-state index contributed by atoms with van der Waals surface area (Å²) < 4.78 is 19.7. The first-order valence-electron chi connectivity index (χ1n) is 18.8. The molecule has 0 radical (unpaired) electrons. The number of para-hydroxylation sites is 3. The highest BCUT2D eigenvalue weighted by Gasteiger charge is 2.23. The smallest absolute Gasteiger partial charge is 0.227 e. The molecule has 0 bridgehead atoms. The van der Waals surface area contributed by atoms with E-state index >= 15 is 0 Å². The Hall–Kier alpha value is -7.90. The molecule has 0 aliphatic heterocycles. The Labute approximate surface area is 324 Å². The van der Waals surface area contributed by atoms with Gasteiger partial charge in [-0.3, -0.25) is 0 Å². The number of oxazole rings is 1. The third-order valence-corrected chi connectivity index (χ3v) is 10.8. The molecule has 7 nitrogen and oxygen atoms in total. The standard InChI is InChI=1S/C50H28N4O3/c1-3-13-30(14-4-1)47-52-48(37-22-12-21-35-34-18-7-9-23-40(34)56-45(35)37)54-49(53-47)38-27-32(28-42-44(38)36-19-8-10-24-41(36)55-42)33-20-11-17-29-25-26-39-46(43(29)33)57-50(51-39)31-15-5-2-6-16-31/h1-28H. The van der Waals surface area contributed by atoms with Crippen LogP contribution in [-0.4, -0.2) is 19.9 Å². The summed E-state index contributed by atoms with van der Waals surface area (Å²) in [6.07, 6.45) is 0. The molecule has 0 saturated heterocycles. The lowest BCUT2D eigenvalue weighted by Crippen LogP contribution is -2.01. The number of hydrogen-bond donors (Lipinski definition) is 0. The zero-order chi connectivity index (χ0) is 37.5. The van der Waals surface area contributed by atoms with E-state index in [2.05, 4.69) is 54.6 Å². The van der Waals surface area contributed by atoms with Gasteiger partial charge in [-0.2, -0.15) is 0 Å². The summed E-state index contributed by atoms with van der Waals surface area (Å²) in [6.45, 7) is 0. The van der Waals surface area contributed by atoms with Crippen LogP contribution in [0.3, 0.4) is 0 Å². The molecule has 0 amide bonds. The van der Waals surface area contributed by atoms with E-state index < -0.39 is 0 Å². The first-order valence-corrected chi connectivity index (χ1v) is 18.8. The van der Waals surface area contributed by atoms with Crippen molar-refractivity contribution in [2.75, 3.05) is 0 Å². The summed E-state index contributed by atoms with van der Waals surface area (Å²) >= 11 is 0. The van der Waals surface area contributed by atoms with Crippen LogP contribution in [-0.2, 0) is 0 Å². The van der Waals surface area contributed by atoms with E-state index in [1.54, 1.807) is 0 Å². The van der Waals surface area contributed by atoms with Crippen LogP contribution in [0, 0.1) is 0 Å². The Balaban J connectivity index is 1.15. The summed E-state index contributed by atoms with van der Waals surface area (Å²) in [5.41, 5.74) is 9.83. The lowest BCUT2D eigenvalue weighted by molar-refractivity contribution is 0.623. The molecule has 0 spiro atoms. The maximum Gasteiger partial charge on any atom is 0.227 e. The van der Waals surface area contributed by atoms with Gasteiger partial charge in [0.15, 0.2) is 23.1 Å². The minimum Gasteiger partial charge on any atom is -0.456 e.